The van der Waals surface area contributed by atoms with Crippen molar-refractivity contribution in [3.05, 3.63) is 0 Å². The van der Waals surface area contributed by atoms with Crippen LogP contribution in [-0.4, -0.2) is 129 Å². The molecule has 0 aromatic heterocycles. The normalized spacial score (nSPS) is 51.2. The molecular formula is C35H63NO13. The van der Waals surface area contributed by atoms with Crippen LogP contribution < -0.4 is 5.73 Å². The van der Waals surface area contributed by atoms with Crippen molar-refractivity contribution in [2.45, 2.75) is 179 Å². The van der Waals surface area contributed by atoms with Crippen LogP contribution in [0.2, 0.25) is 0 Å². The van der Waals surface area contributed by atoms with Crippen LogP contribution in [0.3, 0.4) is 0 Å². The van der Waals surface area contributed by atoms with E-state index in [0.29, 0.717) is 6.42 Å². The van der Waals surface area contributed by atoms with Crippen LogP contribution in [0, 0.1) is 23.7 Å². The molecular weight excluding hydrogens is 642 g/mol. The Labute approximate surface area is 290 Å². The van der Waals surface area contributed by atoms with Crippen molar-refractivity contribution in [2.75, 3.05) is 7.11 Å². The van der Waals surface area contributed by atoms with Crippen LogP contribution in [-0.2, 0) is 38.0 Å². The number of aliphatic hydroxyl groups excluding tert-OH is 3. The van der Waals surface area contributed by atoms with Crippen molar-refractivity contribution in [2.24, 2.45) is 29.4 Å². The van der Waals surface area contributed by atoms with E-state index in [4.69, 9.17) is 34.2 Å². The molecule has 14 heteroatoms. The van der Waals surface area contributed by atoms with Gasteiger partial charge >= 0.3 is 5.97 Å². The lowest BCUT2D eigenvalue weighted by Gasteiger charge is -2.48. The van der Waals surface area contributed by atoms with Gasteiger partial charge < -0.3 is 59.7 Å². The third-order valence-corrected chi connectivity index (χ3v) is 11.2. The SMILES string of the molecule is CC[C@H]1OC(=O)[C@H](C)[C@@H](O[C@H]2C[C@@](C)(OC)[C@@H](O)[C@H](C)O2)[C@H](C)[C@@H](O[C@@H]2O[C@H](C)C[C@H](N)[C@H]2O)[C@](C)(O)C[C@@H](C)C(=O)[C@H](C)[C@@H](O)[C@]1(C)O. The summed E-state index contributed by atoms with van der Waals surface area (Å²) >= 11 is 0. The van der Waals surface area contributed by atoms with E-state index in [0.717, 1.165) is 0 Å². The molecule has 0 saturated carbocycles. The van der Waals surface area contributed by atoms with E-state index in [1.165, 1.54) is 27.9 Å². The topological polar surface area (TPSA) is 217 Å². The summed E-state index contributed by atoms with van der Waals surface area (Å²) < 4.78 is 36.6. The number of ketones is 1. The highest BCUT2D eigenvalue weighted by molar-refractivity contribution is 5.83. The summed E-state index contributed by atoms with van der Waals surface area (Å²) in [5, 5.41) is 56.9. The number of carbonyl (C=O) groups is 2. The van der Waals surface area contributed by atoms with Crippen LogP contribution in [0.15, 0.2) is 0 Å². The van der Waals surface area contributed by atoms with Gasteiger partial charge in [-0.2, -0.15) is 0 Å². The highest BCUT2D eigenvalue weighted by atomic mass is 16.7. The average molecular weight is 706 g/mol. The van der Waals surface area contributed by atoms with Crippen LogP contribution in [0.25, 0.3) is 0 Å². The van der Waals surface area contributed by atoms with Gasteiger partial charge in [0, 0.05) is 37.3 Å². The van der Waals surface area contributed by atoms with Crippen molar-refractivity contribution in [3.8, 4) is 0 Å². The third-order valence-electron chi connectivity index (χ3n) is 11.2. The van der Waals surface area contributed by atoms with E-state index in [2.05, 4.69) is 0 Å². The monoisotopic (exact) mass is 705 g/mol. The molecule has 14 nitrogen and oxygen atoms in total. The number of methoxy groups -OCH3 is 1. The summed E-state index contributed by atoms with van der Waals surface area (Å²) in [5.74, 6) is -5.06. The second-order valence-corrected chi connectivity index (χ2v) is 15.6. The lowest BCUT2D eigenvalue weighted by atomic mass is 9.74. The molecule has 3 saturated heterocycles. The summed E-state index contributed by atoms with van der Waals surface area (Å²) in [5.41, 5.74) is 1.35. The van der Waals surface area contributed by atoms with Crippen LogP contribution >= 0.6 is 0 Å². The van der Waals surface area contributed by atoms with Crippen molar-refractivity contribution in [1.29, 1.82) is 0 Å². The van der Waals surface area contributed by atoms with E-state index in [-0.39, 0.29) is 25.4 Å². The fourth-order valence-electron chi connectivity index (χ4n) is 7.96. The Morgan fingerprint density at radius 1 is 0.898 bits per heavy atom. The van der Waals surface area contributed by atoms with Gasteiger partial charge in [0.2, 0.25) is 0 Å². The molecule has 0 aromatic rings. The fraction of sp³-hybridized carbons (Fsp3) is 0.943. The summed E-state index contributed by atoms with van der Waals surface area (Å²) in [6.07, 6.45) is -10.3. The van der Waals surface area contributed by atoms with Gasteiger partial charge in [0.25, 0.3) is 0 Å². The van der Waals surface area contributed by atoms with Crippen LogP contribution in [0.1, 0.15) is 94.9 Å². The molecule has 0 amide bonds. The van der Waals surface area contributed by atoms with Gasteiger partial charge in [0.15, 0.2) is 12.6 Å². The molecule has 0 radical (unpaired) electrons. The highest BCUT2D eigenvalue weighted by Gasteiger charge is 2.53. The molecule has 7 N–H and O–H groups in total. The van der Waals surface area contributed by atoms with Gasteiger partial charge in [-0.25, -0.2) is 0 Å². The number of hydrogen-bond donors (Lipinski definition) is 6. The molecule has 0 aromatic carbocycles. The maximum absolute atomic E-state index is 14.0. The Bertz CT molecular complexity index is 1120. The van der Waals surface area contributed by atoms with Gasteiger partial charge in [-0.05, 0) is 60.8 Å². The number of carbonyl (C=O) groups excluding carboxylic acids is 2. The van der Waals surface area contributed by atoms with Crippen molar-refractivity contribution >= 4 is 11.8 Å². The average Bonchev–Trinajstić information content (AvgIpc) is 3.02. The molecule has 0 unspecified atom stereocenters. The van der Waals surface area contributed by atoms with Crippen LogP contribution in [0.5, 0.6) is 0 Å². The molecule has 3 fully saturated rings. The molecule has 49 heavy (non-hydrogen) atoms. The van der Waals surface area contributed by atoms with Crippen molar-refractivity contribution < 1.29 is 63.5 Å². The van der Waals surface area contributed by atoms with E-state index in [1.807, 2.05) is 0 Å². The summed E-state index contributed by atoms with van der Waals surface area (Å²) in [6, 6.07) is -0.676. The number of aliphatic hydroxyl groups is 5. The smallest absolute Gasteiger partial charge is 0.311 e. The number of rotatable bonds is 6. The third kappa shape index (κ3) is 9.02. The lowest BCUT2D eigenvalue weighted by Crippen LogP contribution is -2.61. The first kappa shape index (κ1) is 42.1. The summed E-state index contributed by atoms with van der Waals surface area (Å²) in [7, 11) is 1.47. The standard InChI is InChI=1S/C35H63NO13/c1-12-23-35(10,43)28(39)18(4)25(37)16(2)14-33(8,42)30(49-32-26(38)22(36)13-17(3)45-32)19(5)27(20(6)31(41)47-23)48-24-15-34(9,44-11)29(40)21(7)46-24/h16-24,26-30,32,38-40,42-43H,12-15,36H2,1-11H3/t16-,17-,18+,19+,20-,21+,22+,23-,24+,26-,27+,28-,29+,30-,32+,33-,34-,35-/m1/s1. The van der Waals surface area contributed by atoms with Gasteiger partial charge in [-0.15, -0.1) is 0 Å². The molecule has 18 atom stereocenters. The highest BCUT2D eigenvalue weighted by Crippen LogP contribution is 2.40. The van der Waals surface area contributed by atoms with Gasteiger partial charge in [-0.3, -0.25) is 9.59 Å². The maximum Gasteiger partial charge on any atom is 0.311 e. The van der Waals surface area contributed by atoms with Gasteiger partial charge in [0.05, 0.1) is 47.6 Å². The first-order valence-corrected chi connectivity index (χ1v) is 17.7. The predicted molar refractivity (Wildman–Crippen MR) is 177 cm³/mol. The molecule has 3 aliphatic rings. The minimum atomic E-state index is -2.00. The molecule has 0 aliphatic carbocycles. The number of nitrogens with two attached hydrogens (primary N) is 1. The Morgan fingerprint density at radius 3 is 2.08 bits per heavy atom. The Morgan fingerprint density at radius 2 is 1.51 bits per heavy atom. The van der Waals surface area contributed by atoms with E-state index in [9.17, 15) is 35.1 Å². The molecule has 286 valence electrons. The quantitative estimate of drug-likeness (QED) is 0.214. The minimum absolute atomic E-state index is 0.0840. The fourth-order valence-corrected chi connectivity index (χ4v) is 7.96. The van der Waals surface area contributed by atoms with Gasteiger partial charge in [-0.1, -0.05) is 27.7 Å². The number of hydrogen-bond acceptors (Lipinski definition) is 14. The first-order valence-electron chi connectivity index (χ1n) is 17.7. The molecule has 0 bridgehead atoms. The Hall–Kier alpha value is -1.30. The first-order chi connectivity index (χ1) is 22.5. The molecule has 3 rings (SSSR count). The molecule has 3 heterocycles. The van der Waals surface area contributed by atoms with E-state index < -0.39 is 114 Å². The van der Waals surface area contributed by atoms with E-state index in [1.54, 1.807) is 48.5 Å². The second kappa shape index (κ2) is 16.2. The van der Waals surface area contributed by atoms with Crippen molar-refractivity contribution in [3.63, 3.8) is 0 Å². The zero-order chi connectivity index (χ0) is 37.4. The molecule has 0 spiro atoms. The van der Waals surface area contributed by atoms with E-state index >= 15 is 0 Å². The second-order valence-electron chi connectivity index (χ2n) is 15.6. The lowest BCUT2D eigenvalue weighted by molar-refractivity contribution is -0.315. The number of Topliss-reactive ketones (excluding diaryl/α,β-unsaturated/α-hetero) is 1. The minimum Gasteiger partial charge on any atom is -0.459 e. The summed E-state index contributed by atoms with van der Waals surface area (Å²) in [6.45, 7) is 16.1. The number of esters is 1. The zero-order valence-electron chi connectivity index (χ0n) is 31.1. The Kier molecular flexibility index (Phi) is 13.9. The van der Waals surface area contributed by atoms with Crippen molar-refractivity contribution in [1.82, 2.24) is 0 Å². The largest absolute Gasteiger partial charge is 0.459 e. The summed E-state index contributed by atoms with van der Waals surface area (Å²) in [4.78, 5) is 27.7. The van der Waals surface area contributed by atoms with Gasteiger partial charge in [0.1, 0.15) is 29.7 Å². The molecule has 3 aliphatic heterocycles. The predicted octanol–water partition coefficient (Wildman–Crippen LogP) is 1.18. The zero-order valence-corrected chi connectivity index (χ0v) is 31.1. The number of ether oxygens (including phenoxy) is 6. The number of cyclic esters (lactones) is 1. The Balaban J connectivity index is 2.17. The maximum atomic E-state index is 14.0. The van der Waals surface area contributed by atoms with Crippen LogP contribution in [0.4, 0.5) is 0 Å².